The van der Waals surface area contributed by atoms with Crippen LogP contribution in [0, 0.1) is 0 Å². The Hall–Kier alpha value is -0.850. The highest BCUT2D eigenvalue weighted by atomic mass is 32.2. The molecule has 0 bridgehead atoms. The Morgan fingerprint density at radius 1 is 1.35 bits per heavy atom. The first kappa shape index (κ1) is 15.5. The van der Waals surface area contributed by atoms with Crippen molar-refractivity contribution >= 4 is 27.4 Å². The molecule has 110 valence electrons. The summed E-state index contributed by atoms with van der Waals surface area (Å²) < 4.78 is 22.9. The minimum absolute atomic E-state index is 0.0319. The predicted octanol–water partition coefficient (Wildman–Crippen LogP) is 1.71. The van der Waals surface area contributed by atoms with Gasteiger partial charge in [0.15, 0.2) is 15.6 Å². The number of Topliss-reactive ketones (excluding diaryl/α,β-unsaturated/α-hetero) is 1. The largest absolute Gasteiger partial charge is 0.295 e. The molecule has 0 amide bonds. The number of hydrogen-bond acceptors (Lipinski definition) is 5. The average Bonchev–Trinajstić information content (AvgIpc) is 2.79. The van der Waals surface area contributed by atoms with Crippen molar-refractivity contribution in [1.29, 1.82) is 0 Å². The molecule has 1 heterocycles. The lowest BCUT2D eigenvalue weighted by molar-refractivity contribution is 0.0926. The lowest BCUT2D eigenvalue weighted by Crippen LogP contribution is -2.36. The van der Waals surface area contributed by atoms with Gasteiger partial charge in [-0.2, -0.15) is 0 Å². The number of rotatable bonds is 5. The second kappa shape index (κ2) is 6.28. The molecule has 0 spiro atoms. The molecular formula is C14H19NO3S2. The van der Waals surface area contributed by atoms with Crippen molar-refractivity contribution in [3.8, 4) is 0 Å². The highest BCUT2D eigenvalue weighted by Gasteiger charge is 2.31. The molecule has 1 aliphatic heterocycles. The minimum atomic E-state index is -2.91. The van der Waals surface area contributed by atoms with E-state index in [1.165, 1.54) is 0 Å². The number of carbonyl (C=O) groups is 1. The Morgan fingerprint density at radius 2 is 2.00 bits per heavy atom. The quantitative estimate of drug-likeness (QED) is 0.612. The van der Waals surface area contributed by atoms with Gasteiger partial charge >= 0.3 is 0 Å². The Morgan fingerprint density at radius 3 is 2.50 bits per heavy atom. The van der Waals surface area contributed by atoms with E-state index < -0.39 is 9.84 Å². The monoisotopic (exact) mass is 313 g/mol. The molecule has 0 radical (unpaired) electrons. The highest BCUT2D eigenvalue weighted by molar-refractivity contribution is 7.98. The Labute approximate surface area is 124 Å². The van der Waals surface area contributed by atoms with Crippen molar-refractivity contribution in [2.75, 3.05) is 31.4 Å². The van der Waals surface area contributed by atoms with Gasteiger partial charge in [0.1, 0.15) is 0 Å². The fourth-order valence-corrected chi connectivity index (χ4v) is 4.56. The summed E-state index contributed by atoms with van der Waals surface area (Å²) in [6, 6.07) is 7.48. The first-order valence-electron chi connectivity index (χ1n) is 6.49. The maximum absolute atomic E-state index is 12.2. The zero-order chi connectivity index (χ0) is 14.8. The second-order valence-electron chi connectivity index (χ2n) is 5.12. The van der Waals surface area contributed by atoms with Crippen molar-refractivity contribution in [1.82, 2.24) is 4.90 Å². The summed E-state index contributed by atoms with van der Waals surface area (Å²) in [6.45, 7) is 0.263. The molecule has 1 saturated heterocycles. The molecule has 1 atom stereocenters. The van der Waals surface area contributed by atoms with E-state index in [-0.39, 0.29) is 29.9 Å². The van der Waals surface area contributed by atoms with Crippen LogP contribution in [0.5, 0.6) is 0 Å². The van der Waals surface area contributed by atoms with E-state index in [2.05, 4.69) is 0 Å². The molecule has 0 aromatic heterocycles. The van der Waals surface area contributed by atoms with Crippen LogP contribution in [-0.4, -0.2) is 56.5 Å². The summed E-state index contributed by atoms with van der Waals surface area (Å²) in [7, 11) is -1.09. The zero-order valence-corrected chi connectivity index (χ0v) is 13.3. The third-order valence-electron chi connectivity index (χ3n) is 3.64. The van der Waals surface area contributed by atoms with E-state index >= 15 is 0 Å². The third kappa shape index (κ3) is 3.84. The Balaban J connectivity index is 1.97. The molecular weight excluding hydrogens is 294 g/mol. The molecule has 6 heteroatoms. The summed E-state index contributed by atoms with van der Waals surface area (Å²) in [4.78, 5) is 15.2. The van der Waals surface area contributed by atoms with Gasteiger partial charge in [-0.25, -0.2) is 8.42 Å². The lowest BCUT2D eigenvalue weighted by Gasteiger charge is -2.22. The minimum Gasteiger partial charge on any atom is -0.295 e. The number of benzene rings is 1. The number of carbonyl (C=O) groups excluding carboxylic acids is 1. The normalized spacial score (nSPS) is 21.2. The predicted molar refractivity (Wildman–Crippen MR) is 82.2 cm³/mol. The van der Waals surface area contributed by atoms with E-state index in [1.807, 2.05) is 42.5 Å². The molecule has 20 heavy (non-hydrogen) atoms. The van der Waals surface area contributed by atoms with Crippen LogP contribution in [0.2, 0.25) is 0 Å². The molecule has 4 nitrogen and oxygen atoms in total. The SMILES string of the molecule is CSc1ccc(C(=O)CN(C)C2CCS(=O)(=O)C2)cc1. The van der Waals surface area contributed by atoms with Crippen molar-refractivity contribution in [3.05, 3.63) is 29.8 Å². The molecule has 1 unspecified atom stereocenters. The van der Waals surface area contributed by atoms with E-state index in [9.17, 15) is 13.2 Å². The number of hydrogen-bond donors (Lipinski definition) is 0. The van der Waals surface area contributed by atoms with E-state index in [0.717, 1.165) is 4.90 Å². The van der Waals surface area contributed by atoms with Gasteiger partial charge in [-0.15, -0.1) is 11.8 Å². The fraction of sp³-hybridized carbons (Fsp3) is 0.500. The van der Waals surface area contributed by atoms with Crippen molar-refractivity contribution in [2.45, 2.75) is 17.4 Å². The van der Waals surface area contributed by atoms with E-state index in [4.69, 9.17) is 0 Å². The number of sulfone groups is 1. The van der Waals surface area contributed by atoms with Crippen LogP contribution < -0.4 is 0 Å². The molecule has 1 aliphatic rings. The van der Waals surface area contributed by atoms with Crippen molar-refractivity contribution < 1.29 is 13.2 Å². The number of ketones is 1. The van der Waals surface area contributed by atoms with Gasteiger partial charge in [-0.1, -0.05) is 12.1 Å². The third-order valence-corrected chi connectivity index (χ3v) is 6.13. The van der Waals surface area contributed by atoms with Gasteiger partial charge in [0.05, 0.1) is 18.1 Å². The van der Waals surface area contributed by atoms with Gasteiger partial charge in [0.2, 0.25) is 0 Å². The Bertz CT molecular complexity index is 581. The molecule has 1 aromatic carbocycles. The smallest absolute Gasteiger partial charge is 0.176 e. The summed E-state index contributed by atoms with van der Waals surface area (Å²) in [5.74, 6) is 0.435. The van der Waals surface area contributed by atoms with Crippen LogP contribution in [0.4, 0.5) is 0 Å². The first-order chi connectivity index (χ1) is 9.41. The highest BCUT2D eigenvalue weighted by Crippen LogP contribution is 2.18. The topological polar surface area (TPSA) is 54.5 Å². The van der Waals surface area contributed by atoms with Crippen LogP contribution in [0.3, 0.4) is 0 Å². The number of nitrogens with zero attached hydrogens (tertiary/aromatic N) is 1. The van der Waals surface area contributed by atoms with Gasteiger partial charge < -0.3 is 0 Å². The van der Waals surface area contributed by atoms with Crippen molar-refractivity contribution in [3.63, 3.8) is 0 Å². The fourth-order valence-electron chi connectivity index (χ4n) is 2.35. The molecule has 0 N–H and O–H groups in total. The number of likely N-dealkylation sites (N-methyl/N-ethyl adjacent to an activating group) is 1. The maximum atomic E-state index is 12.2. The van der Waals surface area contributed by atoms with E-state index in [0.29, 0.717) is 12.0 Å². The van der Waals surface area contributed by atoms with Gasteiger partial charge in [0.25, 0.3) is 0 Å². The maximum Gasteiger partial charge on any atom is 0.176 e. The van der Waals surface area contributed by atoms with Crippen LogP contribution >= 0.6 is 11.8 Å². The van der Waals surface area contributed by atoms with Gasteiger partial charge in [-0.3, -0.25) is 9.69 Å². The molecule has 1 fully saturated rings. The molecule has 0 saturated carbocycles. The van der Waals surface area contributed by atoms with Crippen LogP contribution in [0.15, 0.2) is 29.2 Å². The van der Waals surface area contributed by atoms with Crippen LogP contribution in [0.1, 0.15) is 16.8 Å². The van der Waals surface area contributed by atoms with Crippen LogP contribution in [-0.2, 0) is 9.84 Å². The zero-order valence-electron chi connectivity index (χ0n) is 11.7. The number of thioether (sulfide) groups is 1. The van der Waals surface area contributed by atoms with Gasteiger partial charge in [-0.05, 0) is 31.9 Å². The summed E-state index contributed by atoms with van der Waals surface area (Å²) in [5, 5.41) is 0. The molecule has 0 aliphatic carbocycles. The lowest BCUT2D eigenvalue weighted by atomic mass is 10.1. The summed E-state index contributed by atoms with van der Waals surface area (Å²) in [5.41, 5.74) is 0.676. The average molecular weight is 313 g/mol. The molecule has 2 rings (SSSR count). The van der Waals surface area contributed by atoms with Crippen LogP contribution in [0.25, 0.3) is 0 Å². The summed E-state index contributed by atoms with van der Waals surface area (Å²) >= 11 is 1.63. The Kier molecular flexibility index (Phi) is 4.88. The standard InChI is InChI=1S/C14H19NO3S2/c1-15(12-7-8-20(17,18)10-12)9-14(16)11-3-5-13(19-2)6-4-11/h3-6,12H,7-10H2,1-2H3. The van der Waals surface area contributed by atoms with E-state index in [1.54, 1.807) is 11.8 Å². The summed E-state index contributed by atoms with van der Waals surface area (Å²) in [6.07, 6.45) is 2.61. The second-order valence-corrected chi connectivity index (χ2v) is 8.23. The molecule has 1 aromatic rings. The van der Waals surface area contributed by atoms with Gasteiger partial charge in [0, 0.05) is 16.5 Å². The first-order valence-corrected chi connectivity index (χ1v) is 9.54. The van der Waals surface area contributed by atoms with Crippen molar-refractivity contribution in [2.24, 2.45) is 0 Å².